The molecule has 0 fully saturated rings. The highest BCUT2D eigenvalue weighted by atomic mass is 16.4. The first-order valence-electron chi connectivity index (χ1n) is 6.38. The fourth-order valence-corrected chi connectivity index (χ4v) is 2.68. The third-order valence-electron chi connectivity index (χ3n) is 3.58. The van der Waals surface area contributed by atoms with Crippen molar-refractivity contribution in [2.75, 3.05) is 5.32 Å². The smallest absolute Gasteiger partial charge is 0.337 e. The number of carboxylic acid groups (broad SMARTS) is 1. The summed E-state index contributed by atoms with van der Waals surface area (Å²) in [5.74, 6) is -1.41. The number of fused-ring (bicyclic) bond motifs is 1. The van der Waals surface area contributed by atoms with Gasteiger partial charge in [-0.15, -0.1) is 0 Å². The molecule has 102 valence electrons. The van der Waals surface area contributed by atoms with Crippen molar-refractivity contribution < 1.29 is 14.7 Å². The highest BCUT2D eigenvalue weighted by Gasteiger charge is 2.31. The van der Waals surface area contributed by atoms with Crippen molar-refractivity contribution in [1.29, 1.82) is 0 Å². The Morgan fingerprint density at radius 3 is 2.85 bits per heavy atom. The second-order valence-corrected chi connectivity index (χ2v) is 4.98. The van der Waals surface area contributed by atoms with E-state index in [1.807, 2.05) is 24.3 Å². The van der Waals surface area contributed by atoms with Gasteiger partial charge in [0.1, 0.15) is 0 Å². The van der Waals surface area contributed by atoms with Crippen LogP contribution in [0.25, 0.3) is 0 Å². The van der Waals surface area contributed by atoms with Crippen molar-refractivity contribution in [3.8, 4) is 0 Å². The van der Waals surface area contributed by atoms with Crippen LogP contribution in [-0.4, -0.2) is 22.0 Å². The molecule has 1 unspecified atom stereocenters. The number of para-hydroxylation sites is 1. The molecule has 3 rings (SSSR count). The quantitative estimate of drug-likeness (QED) is 0.800. The molecule has 0 spiro atoms. The molecule has 20 heavy (non-hydrogen) atoms. The molecule has 0 bridgehead atoms. The number of carbonyl (C=O) groups is 2. The van der Waals surface area contributed by atoms with E-state index in [2.05, 4.69) is 10.3 Å². The number of carboxylic acids is 1. The lowest BCUT2D eigenvalue weighted by Gasteiger charge is -2.08. The lowest BCUT2D eigenvalue weighted by Crippen LogP contribution is -2.15. The lowest BCUT2D eigenvalue weighted by molar-refractivity contribution is -0.117. The van der Waals surface area contributed by atoms with Gasteiger partial charge in [-0.3, -0.25) is 4.79 Å². The third-order valence-corrected chi connectivity index (χ3v) is 3.58. The molecule has 0 aliphatic carbocycles. The maximum atomic E-state index is 12.1. The van der Waals surface area contributed by atoms with Gasteiger partial charge >= 0.3 is 5.97 Å². The highest BCUT2D eigenvalue weighted by molar-refractivity contribution is 6.03. The van der Waals surface area contributed by atoms with Crippen LogP contribution in [0.5, 0.6) is 0 Å². The Hall–Kier alpha value is -2.56. The van der Waals surface area contributed by atoms with Crippen LogP contribution < -0.4 is 5.32 Å². The summed E-state index contributed by atoms with van der Waals surface area (Å²) in [6, 6.07) is 9.09. The number of anilines is 1. The fourth-order valence-electron chi connectivity index (χ4n) is 2.68. The van der Waals surface area contributed by atoms with Crippen molar-refractivity contribution in [3.05, 3.63) is 52.8 Å². The molecule has 5 nitrogen and oxygen atoms in total. The summed E-state index contributed by atoms with van der Waals surface area (Å²) in [7, 11) is 0. The van der Waals surface area contributed by atoms with Gasteiger partial charge in [0.05, 0.1) is 11.5 Å². The minimum atomic E-state index is -0.976. The summed E-state index contributed by atoms with van der Waals surface area (Å²) in [6.45, 7) is 1.80. The predicted molar refractivity (Wildman–Crippen MR) is 74.0 cm³/mol. The van der Waals surface area contributed by atoms with Crippen molar-refractivity contribution >= 4 is 17.6 Å². The molecule has 2 heterocycles. The summed E-state index contributed by atoms with van der Waals surface area (Å²) < 4.78 is 0. The van der Waals surface area contributed by atoms with E-state index in [1.54, 1.807) is 13.0 Å². The minimum Gasteiger partial charge on any atom is -0.478 e. The number of aryl methyl sites for hydroxylation is 1. The molecular formula is C15H14N2O3. The van der Waals surface area contributed by atoms with E-state index >= 15 is 0 Å². The predicted octanol–water partition coefficient (Wildman–Crippen LogP) is 2.30. The zero-order chi connectivity index (χ0) is 14.3. The molecule has 5 heteroatoms. The molecule has 1 aromatic carbocycles. The van der Waals surface area contributed by atoms with Gasteiger partial charge < -0.3 is 15.4 Å². The Morgan fingerprint density at radius 1 is 1.35 bits per heavy atom. The van der Waals surface area contributed by atoms with E-state index in [1.165, 1.54) is 0 Å². The van der Waals surface area contributed by atoms with Crippen molar-refractivity contribution in [2.45, 2.75) is 19.3 Å². The average Bonchev–Trinajstić information content (AvgIpc) is 2.92. The zero-order valence-corrected chi connectivity index (χ0v) is 10.9. The molecule has 1 aliphatic heterocycles. The van der Waals surface area contributed by atoms with Crippen molar-refractivity contribution in [2.24, 2.45) is 0 Å². The van der Waals surface area contributed by atoms with Crippen LogP contribution in [-0.2, 0) is 11.2 Å². The van der Waals surface area contributed by atoms with Crippen molar-refractivity contribution in [1.82, 2.24) is 4.98 Å². The molecule has 1 atom stereocenters. The van der Waals surface area contributed by atoms with Gasteiger partial charge in [-0.2, -0.15) is 0 Å². The zero-order valence-electron chi connectivity index (χ0n) is 10.9. The topological polar surface area (TPSA) is 82.2 Å². The minimum absolute atomic E-state index is 0.0882. The number of rotatable bonds is 3. The van der Waals surface area contributed by atoms with Gasteiger partial charge in [0, 0.05) is 23.5 Å². The van der Waals surface area contributed by atoms with Crippen LogP contribution >= 0.6 is 0 Å². The Kier molecular flexibility index (Phi) is 2.82. The first-order chi connectivity index (χ1) is 9.56. The Bertz CT molecular complexity index is 703. The summed E-state index contributed by atoms with van der Waals surface area (Å²) in [5, 5.41) is 12.0. The number of aromatic carboxylic acids is 1. The summed E-state index contributed by atoms with van der Waals surface area (Å²) in [5.41, 5.74) is 3.33. The van der Waals surface area contributed by atoms with E-state index in [4.69, 9.17) is 0 Å². The van der Waals surface area contributed by atoms with Gasteiger partial charge in [-0.25, -0.2) is 4.79 Å². The van der Waals surface area contributed by atoms with Crippen LogP contribution in [0, 0.1) is 6.92 Å². The molecule has 3 N–H and O–H groups in total. The van der Waals surface area contributed by atoms with E-state index in [0.717, 1.165) is 16.9 Å². The average molecular weight is 270 g/mol. The van der Waals surface area contributed by atoms with E-state index in [-0.39, 0.29) is 17.4 Å². The van der Waals surface area contributed by atoms with Crippen LogP contribution in [0.4, 0.5) is 5.69 Å². The normalized spacial score (nSPS) is 16.9. The Labute approximate surface area is 115 Å². The summed E-state index contributed by atoms with van der Waals surface area (Å²) in [4.78, 5) is 26.3. The maximum Gasteiger partial charge on any atom is 0.337 e. The van der Waals surface area contributed by atoms with Gasteiger partial charge in [-0.05, 0) is 24.6 Å². The third kappa shape index (κ3) is 1.97. The van der Waals surface area contributed by atoms with E-state index in [9.17, 15) is 14.7 Å². The number of amides is 1. The van der Waals surface area contributed by atoms with E-state index < -0.39 is 5.97 Å². The number of nitrogens with one attached hydrogen (secondary N) is 2. The monoisotopic (exact) mass is 270 g/mol. The van der Waals surface area contributed by atoms with E-state index in [0.29, 0.717) is 12.1 Å². The lowest BCUT2D eigenvalue weighted by atomic mass is 9.94. The Morgan fingerprint density at radius 2 is 2.10 bits per heavy atom. The van der Waals surface area contributed by atoms with Crippen LogP contribution in [0.2, 0.25) is 0 Å². The molecule has 1 amide bonds. The number of H-pyrrole nitrogens is 1. The second-order valence-electron chi connectivity index (χ2n) is 4.98. The molecule has 0 radical (unpaired) electrons. The molecule has 1 aromatic heterocycles. The van der Waals surface area contributed by atoms with Gasteiger partial charge in [0.15, 0.2) is 0 Å². The van der Waals surface area contributed by atoms with Gasteiger partial charge in [0.25, 0.3) is 0 Å². The molecule has 0 saturated heterocycles. The Balaban J connectivity index is 1.96. The second kappa shape index (κ2) is 4.52. The van der Waals surface area contributed by atoms with Gasteiger partial charge in [-0.1, -0.05) is 18.2 Å². The molecular weight excluding hydrogens is 256 g/mol. The molecule has 0 saturated carbocycles. The number of hydrogen-bond donors (Lipinski definition) is 3. The van der Waals surface area contributed by atoms with Crippen LogP contribution in [0.3, 0.4) is 0 Å². The van der Waals surface area contributed by atoms with Crippen molar-refractivity contribution in [3.63, 3.8) is 0 Å². The summed E-state index contributed by atoms with van der Waals surface area (Å²) in [6.07, 6.45) is 0.359. The number of aromatic nitrogens is 1. The highest BCUT2D eigenvalue weighted by Crippen LogP contribution is 2.34. The maximum absolute atomic E-state index is 12.1. The number of carbonyl (C=O) groups excluding carboxylic acids is 1. The van der Waals surface area contributed by atoms with Gasteiger partial charge in [0.2, 0.25) is 5.91 Å². The number of benzene rings is 1. The molecule has 1 aliphatic rings. The fraction of sp³-hybridized carbons (Fsp3) is 0.200. The first-order valence-corrected chi connectivity index (χ1v) is 6.38. The number of hydrogen-bond acceptors (Lipinski definition) is 2. The SMILES string of the molecule is Cc1cc(C(=O)O)c(CC2C(=O)Nc3ccccc32)[nH]1. The molecule has 2 aromatic rings. The largest absolute Gasteiger partial charge is 0.478 e. The standard InChI is InChI=1S/C15H14N2O3/c1-8-6-11(15(19)20)13(16-8)7-10-9-4-2-3-5-12(9)17-14(10)18/h2-6,10,16H,7H2,1H3,(H,17,18)(H,19,20). The van der Waals surface area contributed by atoms with Crippen LogP contribution in [0.1, 0.15) is 33.2 Å². The van der Waals surface area contributed by atoms with Crippen LogP contribution in [0.15, 0.2) is 30.3 Å². The number of aromatic amines is 1. The summed E-state index contributed by atoms with van der Waals surface area (Å²) >= 11 is 0. The first kappa shape index (κ1) is 12.5.